The van der Waals surface area contributed by atoms with Crippen molar-refractivity contribution >= 4 is 10.9 Å². The molecule has 0 fully saturated rings. The maximum Gasteiger partial charge on any atom is 0.0749 e. The Labute approximate surface area is 112 Å². The third-order valence-corrected chi connectivity index (χ3v) is 4.42. The second-order valence-corrected chi connectivity index (χ2v) is 5.88. The van der Waals surface area contributed by atoms with E-state index in [-0.39, 0.29) is 5.41 Å². The molecule has 4 rings (SSSR count). The molecule has 0 bridgehead atoms. The highest BCUT2D eigenvalue weighted by Gasteiger charge is 2.35. The molecular weight excluding hydrogens is 232 g/mol. The van der Waals surface area contributed by atoms with Crippen LogP contribution in [0.1, 0.15) is 25.0 Å². The van der Waals surface area contributed by atoms with Gasteiger partial charge in [0.2, 0.25) is 0 Å². The van der Waals surface area contributed by atoms with E-state index >= 15 is 0 Å². The zero-order valence-electron chi connectivity index (χ0n) is 11.4. The topological polar surface area (TPSA) is 17.8 Å². The number of aryl methyl sites for hydroxylation is 1. The minimum atomic E-state index is 0.0114. The zero-order valence-corrected chi connectivity index (χ0v) is 11.4. The molecule has 94 valence electrons. The Morgan fingerprint density at radius 3 is 2.74 bits per heavy atom. The fourth-order valence-corrected chi connectivity index (χ4v) is 3.39. The van der Waals surface area contributed by atoms with Crippen LogP contribution in [0.15, 0.2) is 42.7 Å². The molecule has 0 spiro atoms. The van der Waals surface area contributed by atoms with Gasteiger partial charge in [-0.2, -0.15) is 0 Å². The molecule has 2 aromatic heterocycles. The highest BCUT2D eigenvalue weighted by atomic mass is 14.9. The average Bonchev–Trinajstić information content (AvgIpc) is 2.76. The lowest BCUT2D eigenvalue weighted by molar-refractivity contribution is 0.639. The van der Waals surface area contributed by atoms with Gasteiger partial charge in [0, 0.05) is 41.3 Å². The van der Waals surface area contributed by atoms with Gasteiger partial charge in [0.05, 0.1) is 5.69 Å². The molecule has 0 radical (unpaired) electrons. The number of fused-ring (bicyclic) bond motifs is 2. The van der Waals surface area contributed by atoms with E-state index in [0.717, 1.165) is 5.69 Å². The maximum absolute atomic E-state index is 4.64. The van der Waals surface area contributed by atoms with Crippen LogP contribution in [0.2, 0.25) is 0 Å². The number of pyridine rings is 1. The number of nitrogens with zero attached hydrogens (tertiary/aromatic N) is 2. The Morgan fingerprint density at radius 1 is 1.05 bits per heavy atom. The molecule has 19 heavy (non-hydrogen) atoms. The molecule has 0 unspecified atom stereocenters. The Bertz CT molecular complexity index is 809. The van der Waals surface area contributed by atoms with Gasteiger partial charge < -0.3 is 4.57 Å². The van der Waals surface area contributed by atoms with Crippen molar-refractivity contribution in [2.24, 2.45) is 7.05 Å². The van der Waals surface area contributed by atoms with Crippen LogP contribution in [-0.2, 0) is 12.5 Å². The van der Waals surface area contributed by atoms with Gasteiger partial charge >= 0.3 is 0 Å². The van der Waals surface area contributed by atoms with Crippen molar-refractivity contribution in [2.45, 2.75) is 19.3 Å². The fourth-order valence-electron chi connectivity index (χ4n) is 3.39. The molecular formula is C17H16N2. The molecule has 3 aromatic rings. The minimum Gasteiger partial charge on any atom is -0.350 e. The van der Waals surface area contributed by atoms with Crippen molar-refractivity contribution in [3.05, 3.63) is 53.9 Å². The van der Waals surface area contributed by atoms with Gasteiger partial charge in [0.1, 0.15) is 0 Å². The summed E-state index contributed by atoms with van der Waals surface area (Å²) in [5.41, 5.74) is 6.43. The van der Waals surface area contributed by atoms with Crippen LogP contribution in [0.5, 0.6) is 0 Å². The molecule has 0 atom stereocenters. The number of rotatable bonds is 0. The van der Waals surface area contributed by atoms with Gasteiger partial charge in [-0.25, -0.2) is 0 Å². The summed E-state index contributed by atoms with van der Waals surface area (Å²) < 4.78 is 2.22. The summed E-state index contributed by atoms with van der Waals surface area (Å²) in [6, 6.07) is 10.7. The third-order valence-electron chi connectivity index (χ3n) is 4.42. The quantitative estimate of drug-likeness (QED) is 0.590. The van der Waals surface area contributed by atoms with Gasteiger partial charge in [-0.05, 0) is 23.3 Å². The van der Waals surface area contributed by atoms with Crippen molar-refractivity contribution < 1.29 is 0 Å². The molecule has 2 heteroatoms. The van der Waals surface area contributed by atoms with Crippen LogP contribution >= 0.6 is 0 Å². The van der Waals surface area contributed by atoms with E-state index in [2.05, 4.69) is 60.9 Å². The van der Waals surface area contributed by atoms with Crippen molar-refractivity contribution in [3.63, 3.8) is 0 Å². The van der Waals surface area contributed by atoms with Gasteiger partial charge in [0.15, 0.2) is 0 Å². The highest BCUT2D eigenvalue weighted by molar-refractivity contribution is 6.01. The van der Waals surface area contributed by atoms with Crippen LogP contribution in [0.25, 0.3) is 22.2 Å². The average molecular weight is 248 g/mol. The summed E-state index contributed by atoms with van der Waals surface area (Å²) in [6.45, 7) is 4.58. The molecule has 0 amide bonds. The van der Waals surface area contributed by atoms with Crippen molar-refractivity contribution in [1.29, 1.82) is 0 Å². The first-order chi connectivity index (χ1) is 9.10. The minimum absolute atomic E-state index is 0.0114. The van der Waals surface area contributed by atoms with Crippen LogP contribution in [-0.4, -0.2) is 9.55 Å². The van der Waals surface area contributed by atoms with Crippen LogP contribution in [0, 0.1) is 0 Å². The number of hydrogen-bond donors (Lipinski definition) is 0. The van der Waals surface area contributed by atoms with Gasteiger partial charge in [0.25, 0.3) is 0 Å². The molecule has 1 aliphatic carbocycles. The van der Waals surface area contributed by atoms with Crippen molar-refractivity contribution in [2.75, 3.05) is 0 Å². The van der Waals surface area contributed by atoms with Crippen molar-refractivity contribution in [1.82, 2.24) is 9.55 Å². The first-order valence-corrected chi connectivity index (χ1v) is 6.65. The number of hydrogen-bond acceptors (Lipinski definition) is 1. The first kappa shape index (κ1) is 10.8. The summed E-state index contributed by atoms with van der Waals surface area (Å²) in [6.07, 6.45) is 4.16. The monoisotopic (exact) mass is 248 g/mol. The van der Waals surface area contributed by atoms with E-state index < -0.39 is 0 Å². The Hall–Kier alpha value is -2.09. The lowest BCUT2D eigenvalue weighted by Gasteiger charge is -2.31. The van der Waals surface area contributed by atoms with E-state index in [0.29, 0.717) is 0 Å². The molecule has 0 saturated carbocycles. The van der Waals surface area contributed by atoms with Crippen LogP contribution < -0.4 is 0 Å². The Balaban J connectivity index is 2.28. The molecule has 1 aliphatic rings. The van der Waals surface area contributed by atoms with E-state index in [1.165, 1.54) is 27.6 Å². The lowest BCUT2D eigenvalue weighted by atomic mass is 9.72. The molecule has 0 saturated heterocycles. The first-order valence-electron chi connectivity index (χ1n) is 6.65. The summed E-state index contributed by atoms with van der Waals surface area (Å²) in [5, 5.41) is 1.36. The maximum atomic E-state index is 4.64. The van der Waals surface area contributed by atoms with E-state index in [1.54, 1.807) is 0 Å². The summed E-state index contributed by atoms with van der Waals surface area (Å²) in [7, 11) is 2.12. The lowest BCUT2D eigenvalue weighted by Crippen LogP contribution is -2.23. The summed E-state index contributed by atoms with van der Waals surface area (Å²) in [5.74, 6) is 0. The largest absolute Gasteiger partial charge is 0.350 e. The smallest absolute Gasteiger partial charge is 0.0749 e. The third kappa shape index (κ3) is 1.19. The highest BCUT2D eigenvalue weighted by Crippen LogP contribution is 2.47. The number of aromatic nitrogens is 2. The SMILES string of the molecule is Cn1cc2c3c(cccc31)-c1ncccc1C2(C)C. The fraction of sp³-hybridized carbons (Fsp3) is 0.235. The predicted octanol–water partition coefficient (Wildman–Crippen LogP) is 3.88. The normalized spacial score (nSPS) is 15.5. The second kappa shape index (κ2) is 3.27. The van der Waals surface area contributed by atoms with E-state index in [1.807, 2.05) is 12.3 Å². The Kier molecular flexibility index (Phi) is 1.86. The van der Waals surface area contributed by atoms with E-state index in [9.17, 15) is 0 Å². The van der Waals surface area contributed by atoms with Gasteiger partial charge in [-0.15, -0.1) is 0 Å². The van der Waals surface area contributed by atoms with E-state index in [4.69, 9.17) is 0 Å². The molecule has 0 N–H and O–H groups in total. The number of benzene rings is 1. The predicted molar refractivity (Wildman–Crippen MR) is 78.3 cm³/mol. The molecule has 1 aromatic carbocycles. The summed E-state index contributed by atoms with van der Waals surface area (Å²) in [4.78, 5) is 4.64. The molecule has 0 aliphatic heterocycles. The van der Waals surface area contributed by atoms with Gasteiger partial charge in [-0.3, -0.25) is 4.98 Å². The standard InChI is InChI=1S/C17H16N2/c1-17(2)12-7-5-9-18-16(12)11-6-4-8-14-15(11)13(17)10-19(14)3/h4-10H,1-3H3. The van der Waals surface area contributed by atoms with Crippen molar-refractivity contribution in [3.8, 4) is 11.3 Å². The van der Waals surface area contributed by atoms with Crippen LogP contribution in [0.3, 0.4) is 0 Å². The second-order valence-electron chi connectivity index (χ2n) is 5.88. The molecule has 2 heterocycles. The summed E-state index contributed by atoms with van der Waals surface area (Å²) >= 11 is 0. The van der Waals surface area contributed by atoms with Crippen LogP contribution in [0.4, 0.5) is 0 Å². The molecule has 2 nitrogen and oxygen atoms in total. The Morgan fingerprint density at radius 2 is 1.89 bits per heavy atom. The van der Waals surface area contributed by atoms with Gasteiger partial charge in [-0.1, -0.05) is 32.0 Å². The zero-order chi connectivity index (χ0) is 13.2.